The normalized spacial score (nSPS) is 12.5. The molecule has 0 aliphatic rings. The maximum atomic E-state index is 11.2. The molecular formula is C9H14N2O2S. The van der Waals surface area contributed by atoms with Gasteiger partial charge in [-0.1, -0.05) is 0 Å². The molecule has 14 heavy (non-hydrogen) atoms. The van der Waals surface area contributed by atoms with Gasteiger partial charge in [0.1, 0.15) is 11.8 Å². The van der Waals surface area contributed by atoms with Crippen LogP contribution in [0.3, 0.4) is 0 Å². The maximum absolute atomic E-state index is 11.2. The highest BCUT2D eigenvalue weighted by molar-refractivity contribution is 7.80. The van der Waals surface area contributed by atoms with E-state index in [1.165, 1.54) is 0 Å². The highest BCUT2D eigenvalue weighted by Gasteiger charge is 2.13. The third-order valence-electron chi connectivity index (χ3n) is 1.73. The molecule has 1 aromatic heterocycles. The van der Waals surface area contributed by atoms with Gasteiger partial charge in [-0.3, -0.25) is 4.79 Å². The molecule has 0 aromatic carbocycles. The Morgan fingerprint density at radius 2 is 2.50 bits per heavy atom. The zero-order valence-electron chi connectivity index (χ0n) is 8.28. The van der Waals surface area contributed by atoms with E-state index >= 15 is 0 Å². The molecule has 78 valence electrons. The second-order valence-electron chi connectivity index (χ2n) is 3.07. The molecular weight excluding hydrogens is 200 g/mol. The summed E-state index contributed by atoms with van der Waals surface area (Å²) in [5.74, 6) is 1.79. The summed E-state index contributed by atoms with van der Waals surface area (Å²) in [6.07, 6.45) is 2.05. The van der Waals surface area contributed by atoms with Crippen molar-refractivity contribution in [3.8, 4) is 0 Å². The maximum Gasteiger partial charge on any atom is 0.221 e. The SMILES string of the molecule is Cc1cnc(C(C)NC(=O)CCS)o1. The van der Waals surface area contributed by atoms with Crippen LogP contribution in [0.15, 0.2) is 10.6 Å². The molecule has 1 amide bonds. The number of amides is 1. The molecule has 1 aromatic rings. The first-order valence-corrected chi connectivity index (χ1v) is 5.09. The number of rotatable bonds is 4. The lowest BCUT2D eigenvalue weighted by molar-refractivity contribution is -0.121. The number of nitrogens with zero attached hydrogens (tertiary/aromatic N) is 1. The molecule has 0 saturated carbocycles. The number of carbonyl (C=O) groups excluding carboxylic acids is 1. The predicted octanol–water partition coefficient (Wildman–Crippen LogP) is 1.48. The molecule has 0 saturated heterocycles. The van der Waals surface area contributed by atoms with Crippen LogP contribution < -0.4 is 5.32 Å². The second kappa shape index (κ2) is 5.05. The number of aryl methyl sites for hydroxylation is 1. The number of hydrogen-bond acceptors (Lipinski definition) is 4. The van der Waals surface area contributed by atoms with Crippen molar-refractivity contribution in [3.05, 3.63) is 17.8 Å². The Morgan fingerprint density at radius 1 is 1.79 bits per heavy atom. The van der Waals surface area contributed by atoms with Crippen LogP contribution in [0.25, 0.3) is 0 Å². The molecule has 1 atom stereocenters. The van der Waals surface area contributed by atoms with Crippen molar-refractivity contribution in [1.82, 2.24) is 10.3 Å². The fraction of sp³-hybridized carbons (Fsp3) is 0.556. The Morgan fingerprint density at radius 3 is 3.00 bits per heavy atom. The van der Waals surface area contributed by atoms with Crippen molar-refractivity contribution in [3.63, 3.8) is 0 Å². The van der Waals surface area contributed by atoms with Gasteiger partial charge in [-0.25, -0.2) is 4.98 Å². The molecule has 0 aliphatic carbocycles. The largest absolute Gasteiger partial charge is 0.444 e. The van der Waals surface area contributed by atoms with Crippen LogP contribution in [0.2, 0.25) is 0 Å². The van der Waals surface area contributed by atoms with Crippen LogP contribution in [0.5, 0.6) is 0 Å². The summed E-state index contributed by atoms with van der Waals surface area (Å²) >= 11 is 3.97. The second-order valence-corrected chi connectivity index (χ2v) is 3.52. The minimum Gasteiger partial charge on any atom is -0.444 e. The van der Waals surface area contributed by atoms with E-state index in [2.05, 4.69) is 22.9 Å². The van der Waals surface area contributed by atoms with Crippen molar-refractivity contribution in [2.75, 3.05) is 5.75 Å². The van der Waals surface area contributed by atoms with Crippen LogP contribution in [-0.2, 0) is 4.79 Å². The number of thiol groups is 1. The molecule has 0 radical (unpaired) electrons. The van der Waals surface area contributed by atoms with Gasteiger partial charge in [-0.15, -0.1) is 0 Å². The van der Waals surface area contributed by atoms with Crippen molar-refractivity contribution in [2.24, 2.45) is 0 Å². The average Bonchev–Trinajstić information content (AvgIpc) is 2.52. The molecule has 0 fully saturated rings. The fourth-order valence-electron chi connectivity index (χ4n) is 1.05. The zero-order chi connectivity index (χ0) is 10.6. The van der Waals surface area contributed by atoms with Crippen molar-refractivity contribution in [2.45, 2.75) is 26.3 Å². The molecule has 0 aliphatic heterocycles. The summed E-state index contributed by atoms with van der Waals surface area (Å²) in [6, 6.07) is -0.184. The smallest absolute Gasteiger partial charge is 0.221 e. The van der Waals surface area contributed by atoms with Gasteiger partial charge in [0.25, 0.3) is 0 Å². The third-order valence-corrected chi connectivity index (χ3v) is 1.95. The number of nitrogens with one attached hydrogen (secondary N) is 1. The monoisotopic (exact) mass is 214 g/mol. The summed E-state index contributed by atoms with van der Waals surface area (Å²) in [5.41, 5.74) is 0. The molecule has 0 spiro atoms. The van der Waals surface area contributed by atoms with E-state index in [0.717, 1.165) is 5.76 Å². The van der Waals surface area contributed by atoms with Crippen molar-refractivity contribution < 1.29 is 9.21 Å². The highest BCUT2D eigenvalue weighted by Crippen LogP contribution is 2.11. The minimum absolute atomic E-state index is 0.0386. The molecule has 1 unspecified atom stereocenters. The lowest BCUT2D eigenvalue weighted by Crippen LogP contribution is -2.26. The number of oxazole rings is 1. The van der Waals surface area contributed by atoms with Crippen LogP contribution in [0, 0.1) is 6.92 Å². The predicted molar refractivity (Wildman–Crippen MR) is 56.3 cm³/mol. The molecule has 0 bridgehead atoms. The van der Waals surface area contributed by atoms with Gasteiger partial charge in [-0.05, 0) is 19.6 Å². The van der Waals surface area contributed by atoms with Crippen LogP contribution in [0.1, 0.15) is 31.0 Å². The Bertz CT molecular complexity index is 312. The zero-order valence-corrected chi connectivity index (χ0v) is 9.17. The van der Waals surface area contributed by atoms with Gasteiger partial charge in [0.2, 0.25) is 11.8 Å². The van der Waals surface area contributed by atoms with Gasteiger partial charge in [0.05, 0.1) is 6.20 Å². The summed E-state index contributed by atoms with van der Waals surface area (Å²) in [5, 5.41) is 2.77. The quantitative estimate of drug-likeness (QED) is 0.746. The summed E-state index contributed by atoms with van der Waals surface area (Å²) in [4.78, 5) is 15.2. The molecule has 4 nitrogen and oxygen atoms in total. The standard InChI is InChI=1S/C9H14N2O2S/c1-6-5-10-9(13-6)7(2)11-8(12)3-4-14/h5,7,14H,3-4H2,1-2H3,(H,11,12). The number of hydrogen-bond donors (Lipinski definition) is 2. The van der Waals surface area contributed by atoms with Crippen LogP contribution >= 0.6 is 12.6 Å². The van der Waals surface area contributed by atoms with Crippen molar-refractivity contribution in [1.29, 1.82) is 0 Å². The van der Waals surface area contributed by atoms with E-state index in [9.17, 15) is 4.79 Å². The first-order valence-electron chi connectivity index (χ1n) is 4.46. The highest BCUT2D eigenvalue weighted by atomic mass is 32.1. The first-order chi connectivity index (χ1) is 6.63. The number of carbonyl (C=O) groups is 1. The minimum atomic E-state index is -0.184. The van der Waals surface area contributed by atoms with E-state index in [4.69, 9.17) is 4.42 Å². The van der Waals surface area contributed by atoms with Gasteiger partial charge >= 0.3 is 0 Å². The fourth-order valence-corrected chi connectivity index (χ4v) is 1.25. The van der Waals surface area contributed by atoms with Crippen LogP contribution in [-0.4, -0.2) is 16.6 Å². The Hall–Kier alpha value is -0.970. The Kier molecular flexibility index (Phi) is 4.00. The molecule has 5 heteroatoms. The molecule has 1 heterocycles. The first kappa shape index (κ1) is 11.1. The molecule has 1 N–H and O–H groups in total. The third kappa shape index (κ3) is 3.06. The van der Waals surface area contributed by atoms with E-state index < -0.39 is 0 Å². The van der Waals surface area contributed by atoms with E-state index in [-0.39, 0.29) is 11.9 Å². The van der Waals surface area contributed by atoms with Gasteiger partial charge in [-0.2, -0.15) is 12.6 Å². The summed E-state index contributed by atoms with van der Waals surface area (Å²) in [6.45, 7) is 3.65. The summed E-state index contributed by atoms with van der Waals surface area (Å²) < 4.78 is 5.28. The Labute approximate surface area is 88.5 Å². The average molecular weight is 214 g/mol. The lowest BCUT2D eigenvalue weighted by Gasteiger charge is -2.09. The lowest BCUT2D eigenvalue weighted by atomic mass is 10.3. The molecule has 1 rings (SSSR count). The Balaban J connectivity index is 2.50. The van der Waals surface area contributed by atoms with Crippen molar-refractivity contribution >= 4 is 18.5 Å². The topological polar surface area (TPSA) is 55.1 Å². The summed E-state index contributed by atoms with van der Waals surface area (Å²) in [7, 11) is 0. The van der Waals surface area contributed by atoms with Gasteiger partial charge in [0.15, 0.2) is 0 Å². The van der Waals surface area contributed by atoms with E-state index in [0.29, 0.717) is 18.1 Å². The number of aromatic nitrogens is 1. The van der Waals surface area contributed by atoms with Crippen LogP contribution in [0.4, 0.5) is 0 Å². The van der Waals surface area contributed by atoms with E-state index in [1.807, 2.05) is 13.8 Å². The van der Waals surface area contributed by atoms with Gasteiger partial charge < -0.3 is 9.73 Å². The van der Waals surface area contributed by atoms with Gasteiger partial charge in [0, 0.05) is 6.42 Å². The van der Waals surface area contributed by atoms with E-state index in [1.54, 1.807) is 6.20 Å².